The van der Waals surface area contributed by atoms with Gasteiger partial charge in [0.15, 0.2) is 11.5 Å². The maximum atomic E-state index is 12.0. The summed E-state index contributed by atoms with van der Waals surface area (Å²) >= 11 is 0. The number of benzene rings is 1. The SMILES string of the molecule is CN(C)C(=O)Cn1cc(-c2nc(C(C)(c3ccc(-c4cnc5[nH]ccc5n4)cc3)C3CC3)no2)cn1. The number of nitrogens with one attached hydrogen (secondary N) is 1. The lowest BCUT2D eigenvalue weighted by molar-refractivity contribution is -0.129. The van der Waals surface area contributed by atoms with Crippen LogP contribution in [-0.2, 0) is 16.8 Å². The second-order valence-electron chi connectivity index (χ2n) is 9.66. The molecule has 1 fully saturated rings. The Labute approximate surface area is 207 Å². The molecule has 4 aromatic heterocycles. The van der Waals surface area contributed by atoms with Crippen molar-refractivity contribution in [3.05, 3.63) is 66.5 Å². The van der Waals surface area contributed by atoms with Crippen molar-refractivity contribution in [2.24, 2.45) is 5.92 Å². The fraction of sp³-hybridized carbons (Fsp3) is 0.308. The van der Waals surface area contributed by atoms with E-state index in [0.29, 0.717) is 23.2 Å². The van der Waals surface area contributed by atoms with Gasteiger partial charge in [-0.3, -0.25) is 9.48 Å². The first-order valence-electron chi connectivity index (χ1n) is 11.9. The molecule has 0 aliphatic heterocycles. The number of rotatable bonds is 7. The van der Waals surface area contributed by atoms with Crippen LogP contribution >= 0.6 is 0 Å². The van der Waals surface area contributed by atoms with Crippen LogP contribution in [0.1, 0.15) is 31.2 Å². The van der Waals surface area contributed by atoms with E-state index in [9.17, 15) is 4.79 Å². The average molecular weight is 483 g/mol. The molecule has 1 N–H and O–H groups in total. The molecule has 1 aliphatic rings. The maximum Gasteiger partial charge on any atom is 0.261 e. The van der Waals surface area contributed by atoms with Gasteiger partial charge in [-0.2, -0.15) is 10.1 Å². The first-order valence-corrected chi connectivity index (χ1v) is 11.9. The van der Waals surface area contributed by atoms with Crippen LogP contribution in [0.25, 0.3) is 33.9 Å². The maximum absolute atomic E-state index is 12.0. The molecule has 182 valence electrons. The molecule has 6 rings (SSSR count). The van der Waals surface area contributed by atoms with Gasteiger partial charge in [-0.05, 0) is 37.3 Å². The minimum Gasteiger partial charge on any atom is -0.347 e. The topological polar surface area (TPSA) is 119 Å². The Morgan fingerprint density at radius 2 is 1.94 bits per heavy atom. The van der Waals surface area contributed by atoms with Gasteiger partial charge in [0.05, 0.1) is 29.1 Å². The molecule has 0 radical (unpaired) electrons. The lowest BCUT2D eigenvalue weighted by Gasteiger charge is -2.26. The lowest BCUT2D eigenvalue weighted by Crippen LogP contribution is -2.28. The third-order valence-corrected chi connectivity index (χ3v) is 7.00. The van der Waals surface area contributed by atoms with E-state index in [0.717, 1.165) is 40.8 Å². The summed E-state index contributed by atoms with van der Waals surface area (Å²) in [4.78, 5) is 30.5. The molecule has 10 nitrogen and oxygen atoms in total. The summed E-state index contributed by atoms with van der Waals surface area (Å²) in [5.41, 5.74) is 4.88. The number of fused-ring (bicyclic) bond motifs is 1. The van der Waals surface area contributed by atoms with Gasteiger partial charge in [0.25, 0.3) is 5.89 Å². The van der Waals surface area contributed by atoms with Crippen molar-refractivity contribution >= 4 is 17.1 Å². The van der Waals surface area contributed by atoms with Gasteiger partial charge in [-0.15, -0.1) is 0 Å². The molecule has 4 heterocycles. The zero-order valence-electron chi connectivity index (χ0n) is 20.3. The van der Waals surface area contributed by atoms with Crippen LogP contribution in [0.3, 0.4) is 0 Å². The highest BCUT2D eigenvalue weighted by Crippen LogP contribution is 2.50. The predicted molar refractivity (Wildman–Crippen MR) is 133 cm³/mol. The smallest absolute Gasteiger partial charge is 0.261 e. The number of likely N-dealkylation sites (N-methyl/N-ethyl adjacent to an activating group) is 1. The van der Waals surface area contributed by atoms with Crippen LogP contribution in [0, 0.1) is 5.92 Å². The highest BCUT2D eigenvalue weighted by atomic mass is 16.5. The number of H-pyrrole nitrogens is 1. The van der Waals surface area contributed by atoms with E-state index in [4.69, 9.17) is 14.5 Å². The quantitative estimate of drug-likeness (QED) is 0.376. The van der Waals surface area contributed by atoms with E-state index >= 15 is 0 Å². The van der Waals surface area contributed by atoms with E-state index in [1.54, 1.807) is 37.4 Å². The van der Waals surface area contributed by atoms with Crippen molar-refractivity contribution in [2.75, 3.05) is 14.1 Å². The van der Waals surface area contributed by atoms with Crippen molar-refractivity contribution in [2.45, 2.75) is 31.7 Å². The molecular formula is C26H26N8O2. The molecule has 10 heteroatoms. The summed E-state index contributed by atoms with van der Waals surface area (Å²) in [7, 11) is 3.44. The fourth-order valence-corrected chi connectivity index (χ4v) is 4.56. The molecule has 1 aliphatic carbocycles. The summed E-state index contributed by atoms with van der Waals surface area (Å²) in [5.74, 6) is 1.44. The number of hydrogen-bond donors (Lipinski definition) is 1. The number of aromatic amines is 1. The van der Waals surface area contributed by atoms with Crippen LogP contribution in [0.4, 0.5) is 0 Å². The first kappa shape index (κ1) is 22.1. The highest BCUT2D eigenvalue weighted by Gasteiger charge is 2.47. The van der Waals surface area contributed by atoms with Crippen LogP contribution in [0.5, 0.6) is 0 Å². The Bertz CT molecular complexity index is 1540. The molecule has 1 aromatic carbocycles. The molecule has 0 bridgehead atoms. The third kappa shape index (κ3) is 3.84. The normalized spacial score (nSPS) is 15.2. The Morgan fingerprint density at radius 1 is 1.14 bits per heavy atom. The number of aromatic nitrogens is 7. The molecule has 1 amide bonds. The molecule has 1 atom stereocenters. The van der Waals surface area contributed by atoms with Crippen molar-refractivity contribution in [3.8, 4) is 22.7 Å². The lowest BCUT2D eigenvalue weighted by atomic mass is 9.77. The zero-order chi connectivity index (χ0) is 24.9. The number of hydrogen-bond acceptors (Lipinski definition) is 7. The largest absolute Gasteiger partial charge is 0.347 e. The highest BCUT2D eigenvalue weighted by molar-refractivity contribution is 5.75. The molecule has 0 spiro atoms. The third-order valence-electron chi connectivity index (χ3n) is 7.00. The van der Waals surface area contributed by atoms with Crippen molar-refractivity contribution in [1.82, 2.24) is 39.8 Å². The van der Waals surface area contributed by atoms with Gasteiger partial charge < -0.3 is 14.4 Å². The van der Waals surface area contributed by atoms with E-state index < -0.39 is 0 Å². The minimum atomic E-state index is -0.382. The van der Waals surface area contributed by atoms with Gasteiger partial charge in [-0.25, -0.2) is 9.97 Å². The van der Waals surface area contributed by atoms with Crippen LogP contribution in [-0.4, -0.2) is 59.8 Å². The van der Waals surface area contributed by atoms with Crippen molar-refractivity contribution in [1.29, 1.82) is 0 Å². The van der Waals surface area contributed by atoms with Crippen LogP contribution in [0.15, 0.2) is 59.6 Å². The van der Waals surface area contributed by atoms with Gasteiger partial charge >= 0.3 is 0 Å². The standard InChI is InChI=1S/C26H26N8O2/c1-26(19-8-9-19,18-6-4-16(5-7-18)21-13-28-23-20(30-21)10-11-27-23)25-31-24(36-32-25)17-12-29-34(14-17)15-22(35)33(2)3/h4-7,10-14,19H,8-9,15H2,1-3H3,(H,27,28). The summed E-state index contributed by atoms with van der Waals surface area (Å²) in [5, 5.41) is 8.66. The van der Waals surface area contributed by atoms with E-state index in [2.05, 4.69) is 51.4 Å². The van der Waals surface area contributed by atoms with Crippen LogP contribution in [0.2, 0.25) is 0 Å². The number of nitrogens with zero attached hydrogens (tertiary/aromatic N) is 7. The van der Waals surface area contributed by atoms with E-state index in [-0.39, 0.29) is 17.9 Å². The predicted octanol–water partition coefficient (Wildman–Crippen LogP) is 3.68. The fourth-order valence-electron chi connectivity index (χ4n) is 4.56. The van der Waals surface area contributed by atoms with Crippen molar-refractivity contribution in [3.63, 3.8) is 0 Å². The Kier molecular flexibility index (Phi) is 5.17. The zero-order valence-corrected chi connectivity index (χ0v) is 20.3. The van der Waals surface area contributed by atoms with Gasteiger partial charge in [0.1, 0.15) is 12.1 Å². The molecule has 5 aromatic rings. The second-order valence-corrected chi connectivity index (χ2v) is 9.66. The Morgan fingerprint density at radius 3 is 2.69 bits per heavy atom. The monoisotopic (exact) mass is 482 g/mol. The molecule has 36 heavy (non-hydrogen) atoms. The molecule has 1 unspecified atom stereocenters. The van der Waals surface area contributed by atoms with Crippen molar-refractivity contribution < 1.29 is 9.32 Å². The summed E-state index contributed by atoms with van der Waals surface area (Å²) in [6.07, 6.45) is 9.25. The average Bonchev–Trinajstić information content (AvgIpc) is 3.24. The molecule has 0 saturated heterocycles. The van der Waals surface area contributed by atoms with Gasteiger partial charge in [0, 0.05) is 32.1 Å². The summed E-state index contributed by atoms with van der Waals surface area (Å²) in [6, 6.07) is 10.3. The van der Waals surface area contributed by atoms with Gasteiger partial charge in [-0.1, -0.05) is 29.4 Å². The molecule has 1 saturated carbocycles. The number of carbonyl (C=O) groups excluding carboxylic acids is 1. The van der Waals surface area contributed by atoms with E-state index in [1.165, 1.54) is 4.90 Å². The number of amides is 1. The minimum absolute atomic E-state index is 0.0420. The molecular weight excluding hydrogens is 456 g/mol. The van der Waals surface area contributed by atoms with Gasteiger partial charge in [0.2, 0.25) is 5.91 Å². The Balaban J connectivity index is 1.28. The first-order chi connectivity index (χ1) is 17.4. The van der Waals surface area contributed by atoms with Crippen LogP contribution < -0.4 is 0 Å². The van der Waals surface area contributed by atoms with E-state index in [1.807, 2.05) is 12.3 Å². The number of carbonyl (C=O) groups is 1. The summed E-state index contributed by atoms with van der Waals surface area (Å²) in [6.45, 7) is 2.33. The summed E-state index contributed by atoms with van der Waals surface area (Å²) < 4.78 is 7.23. The Hall–Kier alpha value is -4.34. The second kappa shape index (κ2) is 8.40.